The summed E-state index contributed by atoms with van der Waals surface area (Å²) in [4.78, 5) is 89.1. The number of allylic oxidation sites excluding steroid dienone is 3. The molecule has 18 nitrogen and oxygen atoms in total. The zero-order valence-corrected chi connectivity index (χ0v) is 43.6. The predicted molar refractivity (Wildman–Crippen MR) is 275 cm³/mol. The summed E-state index contributed by atoms with van der Waals surface area (Å²) in [5.74, 6) is -1.60. The quantitative estimate of drug-likeness (QED) is 0.0204. The number of hydrogen-bond acceptors (Lipinski definition) is 12. The lowest BCUT2D eigenvalue weighted by molar-refractivity contribution is -0.131. The molecule has 3 aliphatic rings. The number of benzene rings is 1. The molecule has 1 aromatic rings. The van der Waals surface area contributed by atoms with Crippen LogP contribution in [-0.4, -0.2) is 110 Å². The molecule has 9 atom stereocenters. The van der Waals surface area contributed by atoms with Crippen molar-refractivity contribution < 1.29 is 52.5 Å². The number of unbranched alkanes of at least 4 members (excludes halogenated alkanes) is 2. The van der Waals surface area contributed by atoms with Gasteiger partial charge in [0.1, 0.15) is 6.61 Å². The smallest absolute Gasteiger partial charge is 0.407 e. The molecule has 1 spiro atoms. The molecule has 3 fully saturated rings. The Morgan fingerprint density at radius 1 is 0.931 bits per heavy atom. The minimum atomic E-state index is -0.769. The van der Waals surface area contributed by atoms with Gasteiger partial charge in [-0.25, -0.2) is 9.59 Å². The molecule has 0 unspecified atom stereocenters. The Morgan fingerprint density at radius 2 is 1.67 bits per heavy atom. The van der Waals surface area contributed by atoms with Gasteiger partial charge in [-0.1, -0.05) is 83.0 Å². The molecule has 0 aromatic heterocycles. The highest BCUT2D eigenvalue weighted by Gasteiger charge is 2.51. The molecule has 4 rings (SSSR count). The van der Waals surface area contributed by atoms with E-state index in [0.29, 0.717) is 56.0 Å². The van der Waals surface area contributed by atoms with E-state index in [0.717, 1.165) is 31.3 Å². The van der Waals surface area contributed by atoms with Crippen molar-refractivity contribution in [2.75, 3.05) is 31.6 Å². The lowest BCUT2D eigenvalue weighted by Gasteiger charge is -2.39. The second kappa shape index (κ2) is 29.9. The summed E-state index contributed by atoms with van der Waals surface area (Å²) < 4.78 is 23.9. The van der Waals surface area contributed by atoms with Crippen molar-refractivity contribution >= 4 is 47.1 Å². The van der Waals surface area contributed by atoms with E-state index in [2.05, 4.69) is 39.6 Å². The van der Waals surface area contributed by atoms with Gasteiger partial charge in [0, 0.05) is 50.3 Å². The zero-order chi connectivity index (χ0) is 52.8. The van der Waals surface area contributed by atoms with E-state index in [9.17, 15) is 33.6 Å². The number of rotatable bonds is 29. The first-order valence-corrected chi connectivity index (χ1v) is 25.9. The van der Waals surface area contributed by atoms with Crippen LogP contribution >= 0.6 is 0 Å². The first-order valence-electron chi connectivity index (χ1n) is 25.9. The highest BCUT2D eigenvalue weighted by Crippen LogP contribution is 2.43. The molecule has 0 saturated carbocycles. The van der Waals surface area contributed by atoms with Gasteiger partial charge in [-0.05, 0) is 100 Å². The molecule has 3 heterocycles. The normalized spacial score (nSPS) is 23.9. The number of primary amides is 1. The molecule has 72 heavy (non-hydrogen) atoms. The van der Waals surface area contributed by atoms with E-state index in [1.165, 1.54) is 0 Å². The molecule has 9 N–H and O–H groups in total. The average molecular weight is 1010 g/mol. The summed E-state index contributed by atoms with van der Waals surface area (Å²) in [6.45, 7) is 15.0. The number of epoxide rings is 1. The van der Waals surface area contributed by atoms with Crippen LogP contribution in [0.4, 0.5) is 15.3 Å². The molecule has 18 heteroatoms. The van der Waals surface area contributed by atoms with E-state index in [-0.39, 0.29) is 117 Å². The van der Waals surface area contributed by atoms with Gasteiger partial charge in [-0.15, -0.1) is 0 Å². The van der Waals surface area contributed by atoms with Crippen molar-refractivity contribution in [2.45, 2.75) is 174 Å². The van der Waals surface area contributed by atoms with Crippen molar-refractivity contribution in [1.29, 1.82) is 0 Å². The Hall–Kier alpha value is -5.43. The van der Waals surface area contributed by atoms with Gasteiger partial charge in [0.2, 0.25) is 17.7 Å². The number of ether oxygens (including phenoxy) is 4. The van der Waals surface area contributed by atoms with E-state index >= 15 is 0 Å². The SMILES string of the molecule is CC(/C=C/[C@@H]1C[C@]2(CO2)C[C@@H](CC(=O)CNC(=O)OCc2ccc(NC(=O)[C@H](CCCNC(N)=O)CC(=O)[C@@H](NC(=O)CCCCCN)C(C)C)cc2)O1)=C\C[C@@H]1O[C@H](C)[C@H](NC(=O)/C=C\C(C)C)C[C@@H]1C. The fourth-order valence-corrected chi connectivity index (χ4v) is 8.98. The average Bonchev–Trinajstić information content (AvgIpc) is 4.07. The number of ketones is 2. The van der Waals surface area contributed by atoms with Gasteiger partial charge >= 0.3 is 12.1 Å². The molecule has 1 aromatic carbocycles. The zero-order valence-electron chi connectivity index (χ0n) is 43.6. The number of hydrogen-bond donors (Lipinski definition) is 7. The van der Waals surface area contributed by atoms with Crippen molar-refractivity contribution in [1.82, 2.24) is 21.3 Å². The number of anilines is 1. The van der Waals surface area contributed by atoms with Crippen molar-refractivity contribution in [2.24, 2.45) is 35.1 Å². The second-order valence-electron chi connectivity index (χ2n) is 20.6. The van der Waals surface area contributed by atoms with Crippen LogP contribution in [0.15, 0.2) is 60.2 Å². The molecular formula is C54H83N7O11. The number of nitrogens with one attached hydrogen (secondary N) is 5. The van der Waals surface area contributed by atoms with Crippen molar-refractivity contribution in [3.63, 3.8) is 0 Å². The van der Waals surface area contributed by atoms with Crippen LogP contribution in [0.25, 0.3) is 0 Å². The Morgan fingerprint density at radius 3 is 2.33 bits per heavy atom. The summed E-state index contributed by atoms with van der Waals surface area (Å²) in [6.07, 6.45) is 14.3. The van der Waals surface area contributed by atoms with Gasteiger partial charge in [0.25, 0.3) is 0 Å². The third-order valence-electron chi connectivity index (χ3n) is 13.3. The Bertz CT molecular complexity index is 2050. The van der Waals surface area contributed by atoms with Crippen LogP contribution in [0.2, 0.25) is 0 Å². The Kier molecular flexibility index (Phi) is 24.6. The maximum atomic E-state index is 13.6. The number of carbonyl (C=O) groups is 7. The fourth-order valence-electron chi connectivity index (χ4n) is 8.98. The van der Waals surface area contributed by atoms with Crippen LogP contribution in [0.3, 0.4) is 0 Å². The summed E-state index contributed by atoms with van der Waals surface area (Å²) in [6, 6.07) is 5.15. The summed E-state index contributed by atoms with van der Waals surface area (Å²) in [5, 5.41) is 13.8. The van der Waals surface area contributed by atoms with E-state index in [1.807, 2.05) is 59.8 Å². The highest BCUT2D eigenvalue weighted by molar-refractivity contribution is 5.97. The first-order chi connectivity index (χ1) is 34.2. The number of carbonyl (C=O) groups excluding carboxylic acids is 7. The van der Waals surface area contributed by atoms with Crippen LogP contribution in [0, 0.1) is 23.7 Å². The molecule has 0 bridgehead atoms. The monoisotopic (exact) mass is 1010 g/mol. The lowest BCUT2D eigenvalue weighted by atomic mass is 9.88. The molecule has 6 amide bonds. The first kappa shape index (κ1) is 59.1. The van der Waals surface area contributed by atoms with Gasteiger partial charge in [-0.2, -0.15) is 0 Å². The van der Waals surface area contributed by atoms with Crippen LogP contribution in [0.1, 0.15) is 131 Å². The maximum absolute atomic E-state index is 13.6. The molecule has 3 aliphatic heterocycles. The van der Waals surface area contributed by atoms with Gasteiger partial charge < -0.3 is 57.0 Å². The summed E-state index contributed by atoms with van der Waals surface area (Å²) in [7, 11) is 0. The fraction of sp³-hybridized carbons (Fsp3) is 0.648. The third kappa shape index (κ3) is 21.7. The standard InChI is InChI=1S/C54H83N7O11/c1-34(2)14-23-49(65)60-45-26-37(6)47(71-38(45)7)22-16-36(5)15-21-43-29-54(33-70-54)30-44(72-43)28-42(62)31-58-53(68)69-32-39-17-19-41(20-18-39)59-51(66)40(12-11-25-57-52(56)67)27-46(63)50(35(3)4)61-48(64)13-9-8-10-24-55/h14-21,23,34-35,37-38,40,43-45,47,50H,8-13,22,24-33,55H2,1-7H3,(H,58,68)(H,59,66)(H,60,65)(H,61,64)(H3,56,57,67)/b21-15+,23-14-,36-16+/t37-,38+,40+,43+,44+,45+,47-,50-,54+/m0/s1. The van der Waals surface area contributed by atoms with E-state index in [1.54, 1.807) is 30.3 Å². The van der Waals surface area contributed by atoms with Gasteiger partial charge in [0.15, 0.2) is 11.6 Å². The number of nitrogens with two attached hydrogens (primary N) is 2. The minimum absolute atomic E-state index is 0.0312. The maximum Gasteiger partial charge on any atom is 0.407 e. The van der Waals surface area contributed by atoms with Crippen LogP contribution < -0.4 is 38.1 Å². The Balaban J connectivity index is 1.20. The third-order valence-corrected chi connectivity index (χ3v) is 13.3. The number of amides is 6. The Labute approximate surface area is 426 Å². The molecule has 400 valence electrons. The van der Waals surface area contributed by atoms with Gasteiger partial charge in [0.05, 0.1) is 55.3 Å². The van der Waals surface area contributed by atoms with Crippen molar-refractivity contribution in [3.05, 3.63) is 65.8 Å². The predicted octanol–water partition coefficient (Wildman–Crippen LogP) is 6.21. The molecule has 3 saturated heterocycles. The molecular weight excluding hydrogens is 923 g/mol. The minimum Gasteiger partial charge on any atom is -0.445 e. The molecule has 0 radical (unpaired) electrons. The lowest BCUT2D eigenvalue weighted by Crippen LogP contribution is -2.50. The van der Waals surface area contributed by atoms with E-state index in [4.69, 9.17) is 30.4 Å². The van der Waals surface area contributed by atoms with Gasteiger partial charge in [-0.3, -0.25) is 24.0 Å². The summed E-state index contributed by atoms with van der Waals surface area (Å²) in [5.41, 5.74) is 12.6. The highest BCUT2D eigenvalue weighted by atomic mass is 16.6. The number of Topliss-reactive ketones (excluding diaryl/α,β-unsaturated/α-hetero) is 2. The summed E-state index contributed by atoms with van der Waals surface area (Å²) >= 11 is 0. The number of urea groups is 1. The van der Waals surface area contributed by atoms with Crippen LogP contribution in [0.5, 0.6) is 0 Å². The van der Waals surface area contributed by atoms with Crippen molar-refractivity contribution in [3.8, 4) is 0 Å². The largest absolute Gasteiger partial charge is 0.445 e. The number of alkyl carbamates (subject to hydrolysis) is 1. The second-order valence-corrected chi connectivity index (χ2v) is 20.6. The van der Waals surface area contributed by atoms with Crippen LogP contribution in [-0.2, 0) is 49.5 Å². The topological polar surface area (TPSA) is 272 Å². The molecule has 0 aliphatic carbocycles. The van der Waals surface area contributed by atoms with E-state index < -0.39 is 30.0 Å².